The molecule has 0 atom stereocenters. The molecule has 0 radical (unpaired) electrons. The number of thiophene rings is 1. The van der Waals surface area contributed by atoms with Gasteiger partial charge in [-0.15, -0.1) is 11.3 Å². The summed E-state index contributed by atoms with van der Waals surface area (Å²) in [5, 5.41) is 0. The quantitative estimate of drug-likeness (QED) is 0.707. The van der Waals surface area contributed by atoms with Crippen molar-refractivity contribution in [3.8, 4) is 11.1 Å². The molecule has 0 aliphatic carbocycles. The minimum atomic E-state index is 1.13. The molecule has 2 rings (SSSR count). The van der Waals surface area contributed by atoms with E-state index >= 15 is 0 Å². The minimum Gasteiger partial charge on any atom is -0.144 e. The Labute approximate surface area is 102 Å². The fourth-order valence-electron chi connectivity index (χ4n) is 2.19. The highest BCUT2D eigenvalue weighted by Gasteiger charge is 2.13. The van der Waals surface area contributed by atoms with Gasteiger partial charge in [-0.3, -0.25) is 0 Å². The van der Waals surface area contributed by atoms with Gasteiger partial charge in [0.25, 0.3) is 0 Å². The van der Waals surface area contributed by atoms with Crippen LogP contribution < -0.4 is 0 Å². The second kappa shape index (κ2) is 4.84. The summed E-state index contributed by atoms with van der Waals surface area (Å²) in [6.07, 6.45) is 2.28. The maximum atomic E-state index is 2.26. The Hall–Kier alpha value is -1.08. The molecule has 0 amide bonds. The number of hydrogen-bond acceptors (Lipinski definition) is 1. The Morgan fingerprint density at radius 1 is 0.938 bits per heavy atom. The van der Waals surface area contributed by atoms with Crippen LogP contribution >= 0.6 is 11.3 Å². The van der Waals surface area contributed by atoms with Crippen molar-refractivity contribution >= 4 is 11.3 Å². The molecule has 0 aliphatic rings. The second-order valence-corrected chi connectivity index (χ2v) is 5.21. The standard InChI is InChI=1S/C15H18S/c1-4-13-11(3)15(14(5-2)16-13)12-9-7-6-8-10-12/h6-10H,4-5H2,1-3H3. The van der Waals surface area contributed by atoms with Gasteiger partial charge in [0.2, 0.25) is 0 Å². The first kappa shape index (κ1) is 11.4. The zero-order valence-electron chi connectivity index (χ0n) is 10.2. The summed E-state index contributed by atoms with van der Waals surface area (Å²) >= 11 is 1.98. The van der Waals surface area contributed by atoms with Crippen molar-refractivity contribution in [1.82, 2.24) is 0 Å². The molecule has 0 saturated heterocycles. The molecule has 1 aromatic heterocycles. The Bertz CT molecular complexity index is 466. The summed E-state index contributed by atoms with van der Waals surface area (Å²) in [5.41, 5.74) is 4.33. The summed E-state index contributed by atoms with van der Waals surface area (Å²) in [6.45, 7) is 6.75. The Morgan fingerprint density at radius 2 is 1.56 bits per heavy atom. The molecule has 84 valence electrons. The maximum Gasteiger partial charge on any atom is 0.0127 e. The van der Waals surface area contributed by atoms with Gasteiger partial charge >= 0.3 is 0 Å². The molecule has 0 aliphatic heterocycles. The monoisotopic (exact) mass is 230 g/mol. The van der Waals surface area contributed by atoms with E-state index < -0.39 is 0 Å². The van der Waals surface area contributed by atoms with Gasteiger partial charge < -0.3 is 0 Å². The van der Waals surface area contributed by atoms with Gasteiger partial charge in [0.15, 0.2) is 0 Å². The largest absolute Gasteiger partial charge is 0.144 e. The normalized spacial score (nSPS) is 10.7. The first-order valence-electron chi connectivity index (χ1n) is 5.94. The third kappa shape index (κ3) is 1.92. The van der Waals surface area contributed by atoms with Crippen molar-refractivity contribution in [3.63, 3.8) is 0 Å². The van der Waals surface area contributed by atoms with Crippen LogP contribution in [0.25, 0.3) is 11.1 Å². The molecule has 0 saturated carbocycles. The van der Waals surface area contributed by atoms with Crippen molar-refractivity contribution < 1.29 is 0 Å². The number of rotatable bonds is 3. The van der Waals surface area contributed by atoms with E-state index in [-0.39, 0.29) is 0 Å². The lowest BCUT2D eigenvalue weighted by Gasteiger charge is -2.04. The molecule has 0 N–H and O–H groups in total. The summed E-state index contributed by atoms with van der Waals surface area (Å²) in [6, 6.07) is 10.8. The highest BCUT2D eigenvalue weighted by molar-refractivity contribution is 7.12. The van der Waals surface area contributed by atoms with Gasteiger partial charge in [0.1, 0.15) is 0 Å². The first-order valence-corrected chi connectivity index (χ1v) is 6.76. The molecule has 1 heterocycles. The molecule has 0 fully saturated rings. The predicted octanol–water partition coefficient (Wildman–Crippen LogP) is 4.85. The lowest BCUT2D eigenvalue weighted by molar-refractivity contribution is 1.16. The first-order chi connectivity index (χ1) is 7.77. The molecule has 0 unspecified atom stereocenters. The van der Waals surface area contributed by atoms with Crippen LogP contribution in [-0.4, -0.2) is 0 Å². The van der Waals surface area contributed by atoms with Gasteiger partial charge in [-0.05, 0) is 36.5 Å². The molecule has 0 spiro atoms. The van der Waals surface area contributed by atoms with Crippen LogP contribution in [0.15, 0.2) is 30.3 Å². The van der Waals surface area contributed by atoms with Crippen LogP contribution in [0.5, 0.6) is 0 Å². The van der Waals surface area contributed by atoms with Crippen molar-refractivity contribution in [3.05, 3.63) is 45.6 Å². The predicted molar refractivity (Wildman–Crippen MR) is 73.2 cm³/mol. The average molecular weight is 230 g/mol. The average Bonchev–Trinajstić information content (AvgIpc) is 2.66. The highest BCUT2D eigenvalue weighted by atomic mass is 32.1. The third-order valence-electron chi connectivity index (χ3n) is 3.02. The molecule has 1 aromatic carbocycles. The second-order valence-electron chi connectivity index (χ2n) is 4.02. The lowest BCUT2D eigenvalue weighted by Crippen LogP contribution is -1.84. The van der Waals surface area contributed by atoms with Gasteiger partial charge in [0.05, 0.1) is 0 Å². The van der Waals surface area contributed by atoms with E-state index in [4.69, 9.17) is 0 Å². The Kier molecular flexibility index (Phi) is 3.45. The summed E-state index contributed by atoms with van der Waals surface area (Å²) in [4.78, 5) is 3.07. The minimum absolute atomic E-state index is 1.13. The Balaban J connectivity index is 2.59. The van der Waals surface area contributed by atoms with E-state index in [0.717, 1.165) is 12.8 Å². The summed E-state index contributed by atoms with van der Waals surface area (Å²) in [5.74, 6) is 0. The molecular weight excluding hydrogens is 212 g/mol. The van der Waals surface area contributed by atoms with Crippen molar-refractivity contribution in [2.75, 3.05) is 0 Å². The highest BCUT2D eigenvalue weighted by Crippen LogP contribution is 2.36. The van der Waals surface area contributed by atoms with E-state index in [1.54, 1.807) is 0 Å². The molecule has 16 heavy (non-hydrogen) atoms. The van der Waals surface area contributed by atoms with Gasteiger partial charge in [0, 0.05) is 9.75 Å². The van der Waals surface area contributed by atoms with Crippen molar-refractivity contribution in [2.45, 2.75) is 33.6 Å². The van der Waals surface area contributed by atoms with Gasteiger partial charge in [-0.1, -0.05) is 44.2 Å². The number of aryl methyl sites for hydroxylation is 2. The van der Waals surface area contributed by atoms with Crippen LogP contribution in [-0.2, 0) is 12.8 Å². The van der Waals surface area contributed by atoms with Crippen LogP contribution in [0.2, 0.25) is 0 Å². The number of hydrogen-bond donors (Lipinski definition) is 0. The fourth-order valence-corrected chi connectivity index (χ4v) is 3.41. The molecule has 0 nitrogen and oxygen atoms in total. The molecule has 1 heteroatoms. The SMILES string of the molecule is CCc1sc(CC)c(-c2ccccc2)c1C. The van der Waals surface area contributed by atoms with E-state index in [1.807, 2.05) is 11.3 Å². The van der Waals surface area contributed by atoms with Crippen LogP contribution in [0.3, 0.4) is 0 Å². The van der Waals surface area contributed by atoms with Gasteiger partial charge in [-0.2, -0.15) is 0 Å². The smallest absolute Gasteiger partial charge is 0.0127 e. The van der Waals surface area contributed by atoms with Crippen LogP contribution in [0.4, 0.5) is 0 Å². The zero-order valence-corrected chi connectivity index (χ0v) is 11.0. The zero-order chi connectivity index (χ0) is 11.5. The van der Waals surface area contributed by atoms with E-state index in [2.05, 4.69) is 51.1 Å². The van der Waals surface area contributed by atoms with Crippen molar-refractivity contribution in [2.24, 2.45) is 0 Å². The third-order valence-corrected chi connectivity index (χ3v) is 4.60. The Morgan fingerprint density at radius 3 is 2.12 bits per heavy atom. The molecule has 0 bridgehead atoms. The summed E-state index contributed by atoms with van der Waals surface area (Å²) < 4.78 is 0. The fraction of sp³-hybridized carbons (Fsp3) is 0.333. The molecule has 2 aromatic rings. The molecular formula is C15H18S. The summed E-state index contributed by atoms with van der Waals surface area (Å²) in [7, 11) is 0. The maximum absolute atomic E-state index is 2.26. The number of benzene rings is 1. The topological polar surface area (TPSA) is 0 Å². The van der Waals surface area contributed by atoms with E-state index in [9.17, 15) is 0 Å². The lowest BCUT2D eigenvalue weighted by atomic mass is 10.00. The van der Waals surface area contributed by atoms with E-state index in [1.165, 1.54) is 26.4 Å². The van der Waals surface area contributed by atoms with Crippen LogP contribution in [0.1, 0.15) is 29.2 Å². The van der Waals surface area contributed by atoms with E-state index in [0.29, 0.717) is 0 Å². The van der Waals surface area contributed by atoms with Gasteiger partial charge in [-0.25, -0.2) is 0 Å². The van der Waals surface area contributed by atoms with Crippen LogP contribution in [0, 0.1) is 6.92 Å². The van der Waals surface area contributed by atoms with Crippen molar-refractivity contribution in [1.29, 1.82) is 0 Å².